The molecule has 1 aliphatic heterocycles. The van der Waals surface area contributed by atoms with Crippen molar-refractivity contribution in [2.24, 2.45) is 0 Å². The van der Waals surface area contributed by atoms with Crippen LogP contribution in [-0.4, -0.2) is 34.0 Å². The lowest BCUT2D eigenvalue weighted by Gasteiger charge is -2.22. The first-order valence-electron chi connectivity index (χ1n) is 7.48. The number of rotatable bonds is 4. The van der Waals surface area contributed by atoms with Gasteiger partial charge in [0.05, 0.1) is 5.75 Å². The van der Waals surface area contributed by atoms with Gasteiger partial charge in [0, 0.05) is 19.6 Å². The Labute approximate surface area is 136 Å². The fourth-order valence-electron chi connectivity index (χ4n) is 2.32. The number of nitrogens with zero attached hydrogens (tertiary/aromatic N) is 1. The van der Waals surface area contributed by atoms with Gasteiger partial charge in [0.1, 0.15) is 4.32 Å². The maximum absolute atomic E-state index is 11.9. The molecule has 1 aliphatic rings. The molecule has 0 aromatic heterocycles. The minimum atomic E-state index is 0.0426. The van der Waals surface area contributed by atoms with Gasteiger partial charge in [-0.2, -0.15) is 0 Å². The zero-order valence-corrected chi connectivity index (χ0v) is 13.8. The summed E-state index contributed by atoms with van der Waals surface area (Å²) in [7, 11) is 0. The second-order valence-electron chi connectivity index (χ2n) is 5.22. The van der Waals surface area contributed by atoms with E-state index in [2.05, 4.69) is 10.2 Å². The third-order valence-corrected chi connectivity index (χ3v) is 5.05. The smallest absolute Gasteiger partial charge is 0.230 e. The molecule has 1 heterocycles. The van der Waals surface area contributed by atoms with Gasteiger partial charge in [0.25, 0.3) is 0 Å². The summed E-state index contributed by atoms with van der Waals surface area (Å²) >= 11 is 6.92. The Balaban J connectivity index is 1.67. The molecule has 5 heteroatoms. The summed E-state index contributed by atoms with van der Waals surface area (Å²) in [6.07, 6.45) is 5.00. The van der Waals surface area contributed by atoms with Gasteiger partial charge in [-0.25, -0.2) is 0 Å². The van der Waals surface area contributed by atoms with E-state index in [-0.39, 0.29) is 5.91 Å². The lowest BCUT2D eigenvalue weighted by atomic mass is 10.2. The van der Waals surface area contributed by atoms with Crippen molar-refractivity contribution < 1.29 is 4.79 Å². The topological polar surface area (TPSA) is 32.3 Å². The third kappa shape index (κ3) is 6.06. The highest BCUT2D eigenvalue weighted by atomic mass is 32.2. The number of carbonyl (C=O) groups excluding carboxylic acids is 1. The largest absolute Gasteiger partial charge is 0.358 e. The van der Waals surface area contributed by atoms with Gasteiger partial charge in [-0.1, -0.05) is 67.2 Å². The van der Waals surface area contributed by atoms with Crippen molar-refractivity contribution in [1.29, 1.82) is 0 Å². The molecule has 0 atom stereocenters. The molecule has 21 heavy (non-hydrogen) atoms. The summed E-state index contributed by atoms with van der Waals surface area (Å²) in [6.45, 7) is 2.66. The minimum absolute atomic E-state index is 0.0426. The predicted octanol–water partition coefficient (Wildman–Crippen LogP) is 3.20. The molecule has 0 unspecified atom stereocenters. The van der Waals surface area contributed by atoms with Crippen LogP contribution in [0.3, 0.4) is 0 Å². The highest BCUT2D eigenvalue weighted by molar-refractivity contribution is 8.23. The Morgan fingerprint density at radius 3 is 2.48 bits per heavy atom. The molecule has 0 bridgehead atoms. The van der Waals surface area contributed by atoms with Gasteiger partial charge < -0.3 is 10.2 Å². The number of hydrogen-bond acceptors (Lipinski definition) is 3. The van der Waals surface area contributed by atoms with E-state index in [9.17, 15) is 4.79 Å². The lowest BCUT2D eigenvalue weighted by molar-refractivity contribution is -0.118. The molecule has 0 saturated carbocycles. The highest BCUT2D eigenvalue weighted by Crippen LogP contribution is 2.16. The number of amides is 1. The Hall–Kier alpha value is -1.07. The zero-order chi connectivity index (χ0) is 14.9. The number of carbonyl (C=O) groups is 1. The molecule has 0 radical (unpaired) electrons. The van der Waals surface area contributed by atoms with Crippen molar-refractivity contribution in [1.82, 2.24) is 10.2 Å². The van der Waals surface area contributed by atoms with Gasteiger partial charge in [-0.3, -0.25) is 4.79 Å². The molecule has 114 valence electrons. The van der Waals surface area contributed by atoms with E-state index in [1.165, 1.54) is 37.4 Å². The van der Waals surface area contributed by atoms with E-state index < -0.39 is 0 Å². The Morgan fingerprint density at radius 1 is 1.14 bits per heavy atom. The molecule has 2 rings (SSSR count). The molecule has 1 fully saturated rings. The first-order valence-corrected chi connectivity index (χ1v) is 8.87. The summed E-state index contributed by atoms with van der Waals surface area (Å²) in [5, 5.41) is 2.93. The zero-order valence-electron chi connectivity index (χ0n) is 12.2. The lowest BCUT2D eigenvalue weighted by Crippen LogP contribution is -2.31. The monoisotopic (exact) mass is 322 g/mol. The molecule has 3 nitrogen and oxygen atoms in total. The van der Waals surface area contributed by atoms with E-state index in [0.717, 1.165) is 23.0 Å². The van der Waals surface area contributed by atoms with Gasteiger partial charge in [-0.15, -0.1) is 0 Å². The van der Waals surface area contributed by atoms with Crippen molar-refractivity contribution in [3.05, 3.63) is 35.9 Å². The van der Waals surface area contributed by atoms with Crippen molar-refractivity contribution >= 4 is 34.2 Å². The number of thioether (sulfide) groups is 1. The molecule has 0 spiro atoms. The van der Waals surface area contributed by atoms with E-state index >= 15 is 0 Å². The fraction of sp³-hybridized carbons (Fsp3) is 0.500. The van der Waals surface area contributed by atoms with Crippen molar-refractivity contribution in [2.75, 3.05) is 18.8 Å². The van der Waals surface area contributed by atoms with Crippen LogP contribution in [0.5, 0.6) is 0 Å². The molecule has 1 N–H and O–H groups in total. The quantitative estimate of drug-likeness (QED) is 0.863. The maximum atomic E-state index is 11.9. The van der Waals surface area contributed by atoms with E-state index in [4.69, 9.17) is 12.2 Å². The van der Waals surface area contributed by atoms with Crippen LogP contribution < -0.4 is 5.32 Å². The molecule has 0 aliphatic carbocycles. The second-order valence-corrected chi connectivity index (χ2v) is 6.83. The van der Waals surface area contributed by atoms with E-state index in [1.54, 1.807) is 0 Å². The van der Waals surface area contributed by atoms with Gasteiger partial charge in [-0.05, 0) is 18.4 Å². The number of thiocarbonyl (C=S) groups is 1. The van der Waals surface area contributed by atoms with Crippen molar-refractivity contribution in [2.45, 2.75) is 32.2 Å². The summed E-state index contributed by atoms with van der Waals surface area (Å²) in [5.74, 6) is 0.448. The van der Waals surface area contributed by atoms with E-state index in [1.807, 2.05) is 30.3 Å². The second kappa shape index (κ2) is 9.05. The highest BCUT2D eigenvalue weighted by Gasteiger charge is 2.14. The summed E-state index contributed by atoms with van der Waals surface area (Å²) in [6, 6.07) is 9.95. The van der Waals surface area contributed by atoms with Crippen LogP contribution in [0, 0.1) is 0 Å². The Morgan fingerprint density at radius 2 is 1.81 bits per heavy atom. The van der Waals surface area contributed by atoms with E-state index in [0.29, 0.717) is 12.3 Å². The predicted molar refractivity (Wildman–Crippen MR) is 93.4 cm³/mol. The molecule has 1 saturated heterocycles. The average Bonchev–Trinajstić information content (AvgIpc) is 2.81. The van der Waals surface area contributed by atoms with Gasteiger partial charge in [0.2, 0.25) is 5.91 Å². The minimum Gasteiger partial charge on any atom is -0.358 e. The summed E-state index contributed by atoms with van der Waals surface area (Å²) in [4.78, 5) is 14.1. The Kier molecular flexibility index (Phi) is 7.03. The number of likely N-dealkylation sites (tertiary alicyclic amines) is 1. The first kappa shape index (κ1) is 16.3. The first-order chi connectivity index (χ1) is 10.3. The van der Waals surface area contributed by atoms with Crippen LogP contribution in [0.1, 0.15) is 31.2 Å². The van der Waals surface area contributed by atoms with Crippen molar-refractivity contribution in [3.8, 4) is 0 Å². The standard InChI is InChI=1S/C16H22N2OS2/c19-15(17-12-14-8-4-3-5-9-14)13-21-16(20)18-10-6-1-2-7-11-18/h3-5,8-9H,1-2,6-7,10-13H2,(H,17,19). The fourth-order valence-corrected chi connectivity index (χ4v) is 3.40. The van der Waals surface area contributed by atoms with Crippen molar-refractivity contribution in [3.63, 3.8) is 0 Å². The van der Waals surface area contributed by atoms with Crippen LogP contribution in [0.4, 0.5) is 0 Å². The average molecular weight is 322 g/mol. The third-order valence-electron chi connectivity index (χ3n) is 3.52. The van der Waals surface area contributed by atoms with Crippen LogP contribution in [0.15, 0.2) is 30.3 Å². The SMILES string of the molecule is O=C(CSC(=S)N1CCCCCC1)NCc1ccccc1. The molecule has 1 aromatic rings. The van der Waals surface area contributed by atoms with Gasteiger partial charge in [0.15, 0.2) is 0 Å². The van der Waals surface area contributed by atoms with Crippen LogP contribution in [0.25, 0.3) is 0 Å². The summed E-state index contributed by atoms with van der Waals surface area (Å²) < 4.78 is 0.867. The molecule has 1 amide bonds. The van der Waals surface area contributed by atoms with Gasteiger partial charge >= 0.3 is 0 Å². The molecular formula is C16H22N2OS2. The Bertz CT molecular complexity index is 457. The maximum Gasteiger partial charge on any atom is 0.230 e. The number of benzene rings is 1. The van der Waals surface area contributed by atoms with Crippen LogP contribution >= 0.6 is 24.0 Å². The summed E-state index contributed by atoms with van der Waals surface area (Å²) in [5.41, 5.74) is 1.12. The van der Waals surface area contributed by atoms with Crippen LogP contribution in [0.2, 0.25) is 0 Å². The number of hydrogen-bond donors (Lipinski definition) is 1. The number of nitrogens with one attached hydrogen (secondary N) is 1. The molecule has 1 aromatic carbocycles. The molecular weight excluding hydrogens is 300 g/mol. The van der Waals surface area contributed by atoms with Crippen LogP contribution in [-0.2, 0) is 11.3 Å². The normalized spacial score (nSPS) is 15.3.